The van der Waals surface area contributed by atoms with Gasteiger partial charge in [0.2, 0.25) is 5.91 Å². The fourth-order valence-corrected chi connectivity index (χ4v) is 3.60. The van der Waals surface area contributed by atoms with Gasteiger partial charge < -0.3 is 10.2 Å². The van der Waals surface area contributed by atoms with Crippen molar-refractivity contribution >= 4 is 34.4 Å². The van der Waals surface area contributed by atoms with Crippen LogP contribution in [0.15, 0.2) is 48.8 Å². The van der Waals surface area contributed by atoms with E-state index in [0.29, 0.717) is 32.5 Å². The Labute approximate surface area is 161 Å². The van der Waals surface area contributed by atoms with Crippen molar-refractivity contribution < 1.29 is 9.59 Å². The quantitative estimate of drug-likeness (QED) is 0.731. The lowest BCUT2D eigenvalue weighted by molar-refractivity contribution is -0.126. The first kappa shape index (κ1) is 17.8. The van der Waals surface area contributed by atoms with Gasteiger partial charge in [-0.15, -0.1) is 0 Å². The molecule has 1 fully saturated rings. The maximum atomic E-state index is 12.6. The number of nitrogens with one attached hydrogen (secondary N) is 1. The summed E-state index contributed by atoms with van der Waals surface area (Å²) in [5, 5.41) is 2.97. The molecule has 2 aromatic rings. The van der Waals surface area contributed by atoms with Gasteiger partial charge in [-0.1, -0.05) is 18.2 Å². The van der Waals surface area contributed by atoms with Gasteiger partial charge in [0.05, 0.1) is 5.56 Å². The number of nitrogens with zero attached hydrogens (tertiary/aromatic N) is 2. The lowest BCUT2D eigenvalue weighted by Crippen LogP contribution is -2.43. The predicted molar refractivity (Wildman–Crippen MR) is 104 cm³/mol. The first-order valence-electron chi connectivity index (χ1n) is 8.35. The minimum absolute atomic E-state index is 0.0319. The maximum Gasteiger partial charge on any atom is 0.254 e. The standard InChI is InChI=1S/C19H20IN3O2/c20-17-6-2-1-5-16(17)19(25)23-10-7-15(8-11-23)18(24)22-13-14-4-3-9-21-12-14/h1-6,9,12,15H,7-8,10-11,13H2,(H,22,24). The molecule has 0 radical (unpaired) electrons. The maximum absolute atomic E-state index is 12.6. The second-order valence-electron chi connectivity index (χ2n) is 6.13. The van der Waals surface area contributed by atoms with E-state index >= 15 is 0 Å². The van der Waals surface area contributed by atoms with Crippen LogP contribution in [0.4, 0.5) is 0 Å². The number of carbonyl (C=O) groups excluding carboxylic acids is 2. The van der Waals surface area contributed by atoms with Crippen molar-refractivity contribution in [2.24, 2.45) is 5.92 Å². The smallest absolute Gasteiger partial charge is 0.254 e. The van der Waals surface area contributed by atoms with Crippen LogP contribution in [-0.2, 0) is 11.3 Å². The number of rotatable bonds is 4. The molecule has 130 valence electrons. The lowest BCUT2D eigenvalue weighted by atomic mass is 9.95. The Balaban J connectivity index is 1.50. The van der Waals surface area contributed by atoms with Crippen LogP contribution in [0.2, 0.25) is 0 Å². The summed E-state index contributed by atoms with van der Waals surface area (Å²) in [5.74, 6) is 0.0834. The van der Waals surface area contributed by atoms with Crippen LogP contribution in [0.3, 0.4) is 0 Å². The van der Waals surface area contributed by atoms with Crippen LogP contribution in [-0.4, -0.2) is 34.8 Å². The highest BCUT2D eigenvalue weighted by molar-refractivity contribution is 14.1. The van der Waals surface area contributed by atoms with Gasteiger partial charge in [0.15, 0.2) is 0 Å². The molecule has 5 nitrogen and oxygen atoms in total. The fraction of sp³-hybridized carbons (Fsp3) is 0.316. The van der Waals surface area contributed by atoms with Gasteiger partial charge in [-0.05, 0) is 59.2 Å². The zero-order valence-electron chi connectivity index (χ0n) is 13.8. The zero-order valence-corrected chi connectivity index (χ0v) is 16.0. The molecule has 0 saturated carbocycles. The molecule has 2 amide bonds. The van der Waals surface area contributed by atoms with Crippen LogP contribution < -0.4 is 5.32 Å². The molecule has 0 aliphatic carbocycles. The van der Waals surface area contributed by atoms with Crippen LogP contribution in [0.5, 0.6) is 0 Å². The van der Waals surface area contributed by atoms with E-state index in [2.05, 4.69) is 32.9 Å². The second-order valence-corrected chi connectivity index (χ2v) is 7.29. The topological polar surface area (TPSA) is 62.3 Å². The van der Waals surface area contributed by atoms with Crippen molar-refractivity contribution in [3.05, 3.63) is 63.5 Å². The molecule has 1 aromatic heterocycles. The SMILES string of the molecule is O=C(NCc1cccnc1)C1CCN(C(=O)c2ccccc2I)CC1. The molecule has 0 atom stereocenters. The molecule has 0 unspecified atom stereocenters. The number of aromatic nitrogens is 1. The molecule has 1 aliphatic heterocycles. The Kier molecular flexibility index (Phi) is 6.01. The normalized spacial score (nSPS) is 15.0. The summed E-state index contributed by atoms with van der Waals surface area (Å²) in [6, 6.07) is 11.4. The van der Waals surface area contributed by atoms with Crippen molar-refractivity contribution in [1.29, 1.82) is 0 Å². The van der Waals surface area contributed by atoms with E-state index in [1.807, 2.05) is 41.3 Å². The van der Waals surface area contributed by atoms with Gasteiger partial charge in [0.25, 0.3) is 5.91 Å². The van der Waals surface area contributed by atoms with Crippen LogP contribution >= 0.6 is 22.6 Å². The fourth-order valence-electron chi connectivity index (χ4n) is 2.99. The number of halogens is 1. The van der Waals surface area contributed by atoms with Gasteiger partial charge >= 0.3 is 0 Å². The Morgan fingerprint density at radius 1 is 1.16 bits per heavy atom. The molecule has 1 aliphatic rings. The van der Waals surface area contributed by atoms with E-state index in [1.165, 1.54) is 0 Å². The summed E-state index contributed by atoms with van der Waals surface area (Å²) in [5.41, 5.74) is 1.73. The molecule has 25 heavy (non-hydrogen) atoms. The monoisotopic (exact) mass is 449 g/mol. The highest BCUT2D eigenvalue weighted by Gasteiger charge is 2.28. The molecule has 1 N–H and O–H groups in total. The van der Waals surface area contributed by atoms with E-state index < -0.39 is 0 Å². The van der Waals surface area contributed by atoms with Crippen LogP contribution in [0.1, 0.15) is 28.8 Å². The number of pyridine rings is 1. The van der Waals surface area contributed by atoms with Gasteiger partial charge in [-0.25, -0.2) is 0 Å². The number of hydrogen-bond acceptors (Lipinski definition) is 3. The van der Waals surface area contributed by atoms with Crippen LogP contribution in [0, 0.1) is 9.49 Å². The molecule has 0 spiro atoms. The Hall–Kier alpha value is -1.96. The summed E-state index contributed by atoms with van der Waals surface area (Å²) in [7, 11) is 0. The number of carbonyl (C=O) groups is 2. The third kappa shape index (κ3) is 4.56. The number of piperidine rings is 1. The molecule has 3 rings (SSSR count). The largest absolute Gasteiger partial charge is 0.352 e. The van der Waals surface area contributed by atoms with E-state index in [1.54, 1.807) is 12.4 Å². The highest BCUT2D eigenvalue weighted by atomic mass is 127. The summed E-state index contributed by atoms with van der Waals surface area (Å²) in [6.07, 6.45) is 4.87. The van der Waals surface area contributed by atoms with Gasteiger partial charge in [0, 0.05) is 41.5 Å². The highest BCUT2D eigenvalue weighted by Crippen LogP contribution is 2.21. The third-order valence-electron chi connectivity index (χ3n) is 4.45. The van der Waals surface area contributed by atoms with Crippen LogP contribution in [0.25, 0.3) is 0 Å². The third-order valence-corrected chi connectivity index (χ3v) is 5.39. The first-order valence-corrected chi connectivity index (χ1v) is 9.43. The van der Waals surface area contributed by atoms with E-state index in [-0.39, 0.29) is 17.7 Å². The Bertz CT molecular complexity index is 743. The summed E-state index contributed by atoms with van der Waals surface area (Å²) < 4.78 is 0.960. The summed E-state index contributed by atoms with van der Waals surface area (Å²) in [6.45, 7) is 1.73. The average Bonchev–Trinajstić information content (AvgIpc) is 2.67. The van der Waals surface area contributed by atoms with Crippen molar-refractivity contribution in [3.8, 4) is 0 Å². The minimum Gasteiger partial charge on any atom is -0.352 e. The predicted octanol–water partition coefficient (Wildman–Crippen LogP) is 2.85. The number of amides is 2. The number of likely N-dealkylation sites (tertiary alicyclic amines) is 1. The van der Waals surface area contributed by atoms with Gasteiger partial charge in [-0.2, -0.15) is 0 Å². The molecule has 1 aromatic carbocycles. The zero-order chi connectivity index (χ0) is 17.6. The molecule has 6 heteroatoms. The molecular weight excluding hydrogens is 429 g/mol. The first-order chi connectivity index (χ1) is 12.1. The van der Waals surface area contributed by atoms with Gasteiger partial charge in [-0.3, -0.25) is 14.6 Å². The molecular formula is C19H20IN3O2. The van der Waals surface area contributed by atoms with Crippen molar-refractivity contribution in [2.75, 3.05) is 13.1 Å². The summed E-state index contributed by atoms with van der Waals surface area (Å²) in [4.78, 5) is 30.9. The molecule has 2 heterocycles. The lowest BCUT2D eigenvalue weighted by Gasteiger charge is -2.31. The molecule has 0 bridgehead atoms. The minimum atomic E-state index is -0.0319. The average molecular weight is 449 g/mol. The van der Waals surface area contributed by atoms with Crippen molar-refractivity contribution in [3.63, 3.8) is 0 Å². The number of benzene rings is 1. The van der Waals surface area contributed by atoms with E-state index in [9.17, 15) is 9.59 Å². The van der Waals surface area contributed by atoms with Gasteiger partial charge in [0.1, 0.15) is 0 Å². The Morgan fingerprint density at radius 2 is 1.92 bits per heavy atom. The van der Waals surface area contributed by atoms with Crippen molar-refractivity contribution in [2.45, 2.75) is 19.4 Å². The number of hydrogen-bond donors (Lipinski definition) is 1. The van der Waals surface area contributed by atoms with Crippen molar-refractivity contribution in [1.82, 2.24) is 15.2 Å². The second kappa shape index (κ2) is 8.42. The summed E-state index contributed by atoms with van der Waals surface area (Å²) >= 11 is 2.19. The van der Waals surface area contributed by atoms with E-state index in [4.69, 9.17) is 0 Å². The molecule has 1 saturated heterocycles. The Morgan fingerprint density at radius 3 is 2.60 bits per heavy atom. The van der Waals surface area contributed by atoms with E-state index in [0.717, 1.165) is 14.7 Å².